The Balaban J connectivity index is 1.79. The number of ether oxygens (including phenoxy) is 1. The lowest BCUT2D eigenvalue weighted by Gasteiger charge is -2.19. The van der Waals surface area contributed by atoms with E-state index in [9.17, 15) is 0 Å². The predicted octanol–water partition coefficient (Wildman–Crippen LogP) is 2.92. The first-order valence-corrected chi connectivity index (χ1v) is 8.92. The standard InChI is InChI=1S/C16H27N3OS/c1-16(2,3)14-13(11-17-12-5-6-12)21-15(18-14)19-7-4-9-20-10-8-19/h12,17H,4-11H2,1-3H3. The van der Waals surface area contributed by atoms with Crippen LogP contribution in [-0.2, 0) is 16.7 Å². The Morgan fingerprint density at radius 1 is 1.29 bits per heavy atom. The van der Waals surface area contributed by atoms with Gasteiger partial charge in [0.1, 0.15) is 0 Å². The van der Waals surface area contributed by atoms with E-state index in [2.05, 4.69) is 31.0 Å². The van der Waals surface area contributed by atoms with Gasteiger partial charge < -0.3 is 15.0 Å². The van der Waals surface area contributed by atoms with Gasteiger partial charge in [-0.05, 0) is 19.3 Å². The molecule has 3 rings (SSSR count). The highest BCUT2D eigenvalue weighted by atomic mass is 32.1. The fourth-order valence-electron chi connectivity index (χ4n) is 2.64. The average molecular weight is 309 g/mol. The second-order valence-electron chi connectivity index (χ2n) is 7.13. The van der Waals surface area contributed by atoms with E-state index in [1.54, 1.807) is 0 Å². The van der Waals surface area contributed by atoms with Crippen molar-refractivity contribution in [3.05, 3.63) is 10.6 Å². The van der Waals surface area contributed by atoms with Gasteiger partial charge in [-0.15, -0.1) is 11.3 Å². The van der Waals surface area contributed by atoms with Crippen LogP contribution in [0.1, 0.15) is 50.6 Å². The number of anilines is 1. The third-order valence-electron chi connectivity index (χ3n) is 4.02. The third kappa shape index (κ3) is 3.96. The third-order valence-corrected chi connectivity index (χ3v) is 5.13. The number of nitrogens with one attached hydrogen (secondary N) is 1. The molecule has 2 heterocycles. The second-order valence-corrected chi connectivity index (χ2v) is 8.19. The van der Waals surface area contributed by atoms with Gasteiger partial charge >= 0.3 is 0 Å². The molecule has 1 saturated carbocycles. The summed E-state index contributed by atoms with van der Waals surface area (Å²) < 4.78 is 5.56. The summed E-state index contributed by atoms with van der Waals surface area (Å²) in [5, 5.41) is 4.82. The summed E-state index contributed by atoms with van der Waals surface area (Å²) in [6.07, 6.45) is 3.76. The number of nitrogens with zero attached hydrogens (tertiary/aromatic N) is 2. The smallest absolute Gasteiger partial charge is 0.185 e. The van der Waals surface area contributed by atoms with E-state index in [-0.39, 0.29) is 5.41 Å². The van der Waals surface area contributed by atoms with Gasteiger partial charge in [0, 0.05) is 42.6 Å². The van der Waals surface area contributed by atoms with E-state index in [0.717, 1.165) is 45.3 Å². The van der Waals surface area contributed by atoms with E-state index in [4.69, 9.17) is 9.72 Å². The summed E-state index contributed by atoms with van der Waals surface area (Å²) in [6.45, 7) is 11.5. The van der Waals surface area contributed by atoms with E-state index in [1.165, 1.54) is 28.5 Å². The molecule has 1 aliphatic heterocycles. The lowest BCUT2D eigenvalue weighted by molar-refractivity contribution is 0.152. The molecule has 2 fully saturated rings. The molecular formula is C16H27N3OS. The van der Waals surface area contributed by atoms with E-state index < -0.39 is 0 Å². The van der Waals surface area contributed by atoms with E-state index in [1.807, 2.05) is 11.3 Å². The van der Waals surface area contributed by atoms with Crippen molar-refractivity contribution in [1.82, 2.24) is 10.3 Å². The van der Waals surface area contributed by atoms with Crippen LogP contribution in [-0.4, -0.2) is 37.3 Å². The highest BCUT2D eigenvalue weighted by Crippen LogP contribution is 2.34. The topological polar surface area (TPSA) is 37.4 Å². The molecule has 0 bridgehead atoms. The van der Waals surface area contributed by atoms with E-state index >= 15 is 0 Å². The monoisotopic (exact) mass is 309 g/mol. The molecule has 0 unspecified atom stereocenters. The van der Waals surface area contributed by atoms with Gasteiger partial charge in [0.25, 0.3) is 0 Å². The maximum absolute atomic E-state index is 5.56. The molecule has 2 aliphatic rings. The van der Waals surface area contributed by atoms with Crippen molar-refractivity contribution < 1.29 is 4.74 Å². The molecule has 1 saturated heterocycles. The summed E-state index contributed by atoms with van der Waals surface area (Å²) >= 11 is 1.87. The molecule has 0 spiro atoms. The minimum absolute atomic E-state index is 0.109. The van der Waals surface area contributed by atoms with Crippen LogP contribution < -0.4 is 10.2 Å². The summed E-state index contributed by atoms with van der Waals surface area (Å²) in [5.74, 6) is 0. The van der Waals surface area contributed by atoms with Gasteiger partial charge in [-0.3, -0.25) is 0 Å². The normalized spacial score (nSPS) is 20.6. The van der Waals surface area contributed by atoms with Crippen LogP contribution in [0, 0.1) is 0 Å². The molecule has 1 aromatic heterocycles. The number of thiazole rings is 1. The van der Waals surface area contributed by atoms with Crippen molar-refractivity contribution in [3.8, 4) is 0 Å². The largest absolute Gasteiger partial charge is 0.380 e. The Morgan fingerprint density at radius 2 is 2.10 bits per heavy atom. The lowest BCUT2D eigenvalue weighted by atomic mass is 9.91. The minimum atomic E-state index is 0.109. The highest BCUT2D eigenvalue weighted by molar-refractivity contribution is 7.15. The SMILES string of the molecule is CC(C)(C)c1nc(N2CCCOCC2)sc1CNC1CC1. The molecule has 1 aliphatic carbocycles. The van der Waals surface area contributed by atoms with Crippen molar-refractivity contribution >= 4 is 16.5 Å². The van der Waals surface area contributed by atoms with Gasteiger partial charge in [0.15, 0.2) is 5.13 Å². The van der Waals surface area contributed by atoms with Crippen molar-refractivity contribution in [2.45, 2.75) is 58.0 Å². The van der Waals surface area contributed by atoms with Crippen LogP contribution in [0.15, 0.2) is 0 Å². The number of rotatable bonds is 4. The first-order chi connectivity index (χ1) is 10.0. The van der Waals surface area contributed by atoms with Crippen molar-refractivity contribution in [1.29, 1.82) is 0 Å². The second kappa shape index (κ2) is 6.23. The summed E-state index contributed by atoms with van der Waals surface area (Å²) in [5.41, 5.74) is 1.37. The van der Waals surface area contributed by atoms with E-state index in [0.29, 0.717) is 0 Å². The first kappa shape index (κ1) is 15.3. The molecule has 0 aromatic carbocycles. The predicted molar refractivity (Wildman–Crippen MR) is 88.3 cm³/mol. The van der Waals surface area contributed by atoms with Crippen molar-refractivity contribution in [2.24, 2.45) is 0 Å². The van der Waals surface area contributed by atoms with Gasteiger partial charge in [-0.2, -0.15) is 0 Å². The summed E-state index contributed by atoms with van der Waals surface area (Å²) in [6, 6.07) is 0.745. The fourth-order valence-corrected chi connectivity index (χ4v) is 3.92. The lowest BCUT2D eigenvalue weighted by Crippen LogP contribution is -2.26. The van der Waals surface area contributed by atoms with Gasteiger partial charge in [0.2, 0.25) is 0 Å². The number of aromatic nitrogens is 1. The molecule has 118 valence electrons. The average Bonchev–Trinajstić information content (AvgIpc) is 3.20. The van der Waals surface area contributed by atoms with Crippen LogP contribution in [0.4, 0.5) is 5.13 Å². The number of hydrogen-bond acceptors (Lipinski definition) is 5. The quantitative estimate of drug-likeness (QED) is 0.928. The molecule has 1 N–H and O–H groups in total. The van der Waals surface area contributed by atoms with Crippen molar-refractivity contribution in [3.63, 3.8) is 0 Å². The van der Waals surface area contributed by atoms with Crippen molar-refractivity contribution in [2.75, 3.05) is 31.2 Å². The Labute approximate surface area is 131 Å². The summed E-state index contributed by atoms with van der Waals surface area (Å²) in [7, 11) is 0. The molecule has 0 radical (unpaired) electrons. The van der Waals surface area contributed by atoms with Gasteiger partial charge in [-0.25, -0.2) is 4.98 Å². The first-order valence-electron chi connectivity index (χ1n) is 8.10. The Bertz CT molecular complexity index is 468. The van der Waals surface area contributed by atoms with Crippen LogP contribution in [0.2, 0.25) is 0 Å². The molecule has 0 amide bonds. The zero-order chi connectivity index (χ0) is 14.9. The zero-order valence-electron chi connectivity index (χ0n) is 13.4. The molecule has 4 nitrogen and oxygen atoms in total. The minimum Gasteiger partial charge on any atom is -0.380 e. The van der Waals surface area contributed by atoms with Crippen LogP contribution >= 0.6 is 11.3 Å². The molecular weight excluding hydrogens is 282 g/mol. The molecule has 21 heavy (non-hydrogen) atoms. The molecule has 5 heteroatoms. The fraction of sp³-hybridized carbons (Fsp3) is 0.812. The maximum Gasteiger partial charge on any atom is 0.185 e. The molecule has 0 atom stereocenters. The summed E-state index contributed by atoms with van der Waals surface area (Å²) in [4.78, 5) is 8.80. The molecule has 1 aromatic rings. The maximum atomic E-state index is 5.56. The van der Waals surface area contributed by atoms with Crippen LogP contribution in [0.5, 0.6) is 0 Å². The number of hydrogen-bond donors (Lipinski definition) is 1. The highest BCUT2D eigenvalue weighted by Gasteiger charge is 2.27. The Hall–Kier alpha value is -0.650. The Kier molecular flexibility index (Phi) is 4.52. The van der Waals surface area contributed by atoms with Crippen LogP contribution in [0.3, 0.4) is 0 Å². The van der Waals surface area contributed by atoms with Crippen LogP contribution in [0.25, 0.3) is 0 Å². The zero-order valence-corrected chi connectivity index (χ0v) is 14.3. The van der Waals surface area contributed by atoms with Gasteiger partial charge in [0.05, 0.1) is 12.3 Å². The Morgan fingerprint density at radius 3 is 2.81 bits per heavy atom. The van der Waals surface area contributed by atoms with Gasteiger partial charge in [-0.1, -0.05) is 20.8 Å².